The number of nitrogens with zero attached hydrogens (tertiary/aromatic N) is 3. The van der Waals surface area contributed by atoms with Gasteiger partial charge in [-0.25, -0.2) is 0 Å². The Bertz CT molecular complexity index is 629. The molecule has 3 aromatic heterocycles. The second-order valence-electron chi connectivity index (χ2n) is 4.17. The van der Waals surface area contributed by atoms with Crippen LogP contribution in [-0.2, 0) is 3.74 Å². The minimum absolute atomic E-state index is 0.558. The second-order valence-corrected chi connectivity index (χ2v) is 9.61. The summed E-state index contributed by atoms with van der Waals surface area (Å²) in [7, 11) is 0. The van der Waals surface area contributed by atoms with Crippen LogP contribution < -0.4 is 13.4 Å². The number of hydrogen-bond donors (Lipinski definition) is 0. The molecule has 4 nitrogen and oxygen atoms in total. The summed E-state index contributed by atoms with van der Waals surface area (Å²) in [5.41, 5.74) is 0. The zero-order chi connectivity index (χ0) is 13.8. The molecule has 0 unspecified atom stereocenters. The Morgan fingerprint density at radius 1 is 0.600 bits per heavy atom. The average Bonchev–Trinajstić information content (AvgIpc) is 2.56. The molecular formula is C15H12AsN3O. The predicted molar refractivity (Wildman–Crippen MR) is 78.1 cm³/mol. The van der Waals surface area contributed by atoms with E-state index in [0.29, 0.717) is 13.4 Å². The normalized spacial score (nSPS) is 11.2. The fourth-order valence-corrected chi connectivity index (χ4v) is 6.76. The van der Waals surface area contributed by atoms with Gasteiger partial charge in [-0.3, -0.25) is 0 Å². The van der Waals surface area contributed by atoms with Crippen molar-refractivity contribution in [2.75, 3.05) is 0 Å². The maximum absolute atomic E-state index is 13.7. The molecule has 0 aliphatic carbocycles. The quantitative estimate of drug-likeness (QED) is 0.649. The first-order valence-electron chi connectivity index (χ1n) is 6.16. The van der Waals surface area contributed by atoms with Crippen LogP contribution in [0.1, 0.15) is 0 Å². The predicted octanol–water partition coefficient (Wildman–Crippen LogP) is 0.269. The fraction of sp³-hybridized carbons (Fsp3) is 0. The van der Waals surface area contributed by atoms with E-state index in [1.807, 2.05) is 18.2 Å². The number of hydrogen-bond acceptors (Lipinski definition) is 4. The van der Waals surface area contributed by atoms with Gasteiger partial charge in [0, 0.05) is 0 Å². The maximum atomic E-state index is 13.7. The minimum atomic E-state index is -3.88. The van der Waals surface area contributed by atoms with Crippen LogP contribution in [0.5, 0.6) is 0 Å². The van der Waals surface area contributed by atoms with E-state index in [1.54, 1.807) is 55.0 Å². The van der Waals surface area contributed by atoms with Crippen LogP contribution in [0.25, 0.3) is 0 Å². The SMILES string of the molecule is O=[As](c1ccccn1)(c1ccccn1)c1ccccn1. The molecule has 0 atom stereocenters. The van der Waals surface area contributed by atoms with Crippen molar-refractivity contribution < 1.29 is 3.74 Å². The van der Waals surface area contributed by atoms with Crippen LogP contribution in [0.2, 0.25) is 0 Å². The van der Waals surface area contributed by atoms with E-state index in [9.17, 15) is 3.74 Å². The first-order chi connectivity index (χ1) is 9.82. The monoisotopic (exact) mass is 325 g/mol. The van der Waals surface area contributed by atoms with Crippen LogP contribution >= 0.6 is 0 Å². The zero-order valence-electron chi connectivity index (χ0n) is 10.6. The molecule has 3 rings (SSSR count). The third-order valence-electron chi connectivity index (χ3n) is 2.92. The Labute approximate surface area is 119 Å². The molecule has 0 saturated carbocycles. The summed E-state index contributed by atoms with van der Waals surface area (Å²) in [5.74, 6) is 0. The standard InChI is InChI=1S/C15H12AsN3O/c20-16(13-7-1-4-10-17-13,14-8-2-5-11-18-14)15-9-3-6-12-19-15/h1-12H. The molecule has 0 N–H and O–H groups in total. The molecule has 0 amide bonds. The summed E-state index contributed by atoms with van der Waals surface area (Å²) in [6, 6.07) is 16.3. The van der Waals surface area contributed by atoms with Gasteiger partial charge in [-0.05, 0) is 0 Å². The molecule has 3 heterocycles. The Morgan fingerprint density at radius 2 is 0.950 bits per heavy atom. The average molecular weight is 325 g/mol. The molecule has 0 saturated heterocycles. The van der Waals surface area contributed by atoms with Gasteiger partial charge in [0.2, 0.25) is 0 Å². The molecule has 0 fully saturated rings. The summed E-state index contributed by atoms with van der Waals surface area (Å²) in [5, 5.41) is 0. The van der Waals surface area contributed by atoms with E-state index in [1.165, 1.54) is 0 Å². The van der Waals surface area contributed by atoms with E-state index in [2.05, 4.69) is 15.0 Å². The zero-order valence-corrected chi connectivity index (χ0v) is 12.5. The second kappa shape index (κ2) is 5.43. The number of aromatic nitrogens is 3. The molecular weight excluding hydrogens is 313 g/mol. The van der Waals surface area contributed by atoms with Gasteiger partial charge in [0.25, 0.3) is 0 Å². The van der Waals surface area contributed by atoms with E-state index in [0.717, 1.165) is 0 Å². The summed E-state index contributed by atoms with van der Waals surface area (Å²) in [6.45, 7) is 0. The Hall–Kier alpha value is -2.19. The third-order valence-corrected chi connectivity index (χ3v) is 8.64. The van der Waals surface area contributed by atoms with Crippen LogP contribution in [0.3, 0.4) is 0 Å². The summed E-state index contributed by atoms with van der Waals surface area (Å²) >= 11 is -3.88. The van der Waals surface area contributed by atoms with Crippen molar-refractivity contribution in [1.82, 2.24) is 15.0 Å². The third kappa shape index (κ3) is 2.19. The number of pyridine rings is 3. The van der Waals surface area contributed by atoms with Crippen molar-refractivity contribution >= 4 is 26.9 Å². The summed E-state index contributed by atoms with van der Waals surface area (Å²) in [6.07, 6.45) is 4.94. The van der Waals surface area contributed by atoms with Crippen molar-refractivity contribution in [1.29, 1.82) is 0 Å². The van der Waals surface area contributed by atoms with E-state index >= 15 is 0 Å². The molecule has 3 aromatic rings. The van der Waals surface area contributed by atoms with E-state index in [-0.39, 0.29) is 0 Å². The van der Waals surface area contributed by atoms with Gasteiger partial charge < -0.3 is 0 Å². The first kappa shape index (κ1) is 12.8. The van der Waals surface area contributed by atoms with Crippen LogP contribution in [0.15, 0.2) is 73.2 Å². The Balaban J connectivity index is 2.27. The van der Waals surface area contributed by atoms with Gasteiger partial charge in [-0.2, -0.15) is 0 Å². The Kier molecular flexibility index (Phi) is 3.48. The topological polar surface area (TPSA) is 55.7 Å². The van der Waals surface area contributed by atoms with Gasteiger partial charge in [0.15, 0.2) is 0 Å². The van der Waals surface area contributed by atoms with E-state index < -0.39 is 13.5 Å². The van der Waals surface area contributed by atoms with Crippen LogP contribution in [0.4, 0.5) is 0 Å². The van der Waals surface area contributed by atoms with Crippen molar-refractivity contribution in [3.05, 3.63) is 73.2 Å². The molecule has 20 heavy (non-hydrogen) atoms. The molecule has 0 spiro atoms. The van der Waals surface area contributed by atoms with E-state index in [4.69, 9.17) is 0 Å². The first-order valence-corrected chi connectivity index (χ1v) is 9.75. The van der Waals surface area contributed by atoms with Crippen molar-refractivity contribution in [2.24, 2.45) is 0 Å². The van der Waals surface area contributed by atoms with Crippen LogP contribution in [0, 0.1) is 0 Å². The van der Waals surface area contributed by atoms with Gasteiger partial charge in [-0.1, -0.05) is 0 Å². The van der Waals surface area contributed by atoms with Crippen LogP contribution in [-0.4, -0.2) is 28.4 Å². The molecule has 0 radical (unpaired) electrons. The number of rotatable bonds is 3. The Morgan fingerprint density at radius 3 is 1.20 bits per heavy atom. The van der Waals surface area contributed by atoms with Gasteiger partial charge in [0.05, 0.1) is 0 Å². The van der Waals surface area contributed by atoms with Gasteiger partial charge in [0.1, 0.15) is 0 Å². The van der Waals surface area contributed by atoms with Gasteiger partial charge in [-0.15, -0.1) is 0 Å². The molecule has 0 aliphatic heterocycles. The molecule has 0 aromatic carbocycles. The summed E-state index contributed by atoms with van der Waals surface area (Å²) < 4.78 is 15.4. The van der Waals surface area contributed by atoms with Crippen molar-refractivity contribution in [3.63, 3.8) is 0 Å². The summed E-state index contributed by atoms with van der Waals surface area (Å²) in [4.78, 5) is 12.9. The van der Waals surface area contributed by atoms with Gasteiger partial charge >= 0.3 is 119 Å². The fourth-order valence-electron chi connectivity index (χ4n) is 1.97. The van der Waals surface area contributed by atoms with Crippen molar-refractivity contribution in [3.8, 4) is 0 Å². The molecule has 0 bridgehead atoms. The van der Waals surface area contributed by atoms with Crippen molar-refractivity contribution in [2.45, 2.75) is 0 Å². The molecule has 0 aliphatic rings. The molecule has 5 heteroatoms. The molecule has 98 valence electrons.